The van der Waals surface area contributed by atoms with Crippen molar-refractivity contribution in [1.29, 1.82) is 0 Å². The third-order valence-electron chi connectivity index (χ3n) is 5.24. The highest BCUT2D eigenvalue weighted by Crippen LogP contribution is 2.24. The molecule has 2 aliphatic heterocycles. The third-order valence-corrected chi connectivity index (χ3v) is 5.24. The summed E-state index contributed by atoms with van der Waals surface area (Å²) >= 11 is 0. The Morgan fingerprint density at radius 2 is 2.07 bits per heavy atom. The van der Waals surface area contributed by atoms with Crippen LogP contribution in [-0.4, -0.2) is 79.7 Å². The molecule has 0 radical (unpaired) electrons. The monoisotopic (exact) mass is 387 g/mol. The fraction of sp³-hybridized carbons (Fsp3) is 0.619. The highest BCUT2D eigenvalue weighted by Gasteiger charge is 2.41. The molecule has 0 aromatic heterocycles. The minimum atomic E-state index is 0.0606. The summed E-state index contributed by atoms with van der Waals surface area (Å²) in [5.41, 5.74) is 1.33. The molecule has 1 amide bonds. The van der Waals surface area contributed by atoms with E-state index in [9.17, 15) is 4.79 Å². The molecule has 0 spiro atoms. The molecule has 2 N–H and O–H groups in total. The maximum atomic E-state index is 11.8. The summed E-state index contributed by atoms with van der Waals surface area (Å²) in [6.07, 6.45) is 0.634. The number of rotatable bonds is 6. The molecule has 1 aromatic carbocycles. The van der Waals surface area contributed by atoms with Gasteiger partial charge in [-0.15, -0.1) is 0 Å². The Bertz CT molecular complexity index is 664. The van der Waals surface area contributed by atoms with Crippen molar-refractivity contribution in [3.05, 3.63) is 35.9 Å². The highest BCUT2D eigenvalue weighted by molar-refractivity contribution is 5.81. The van der Waals surface area contributed by atoms with Crippen LogP contribution in [0.25, 0.3) is 0 Å². The van der Waals surface area contributed by atoms with Crippen LogP contribution in [0.5, 0.6) is 0 Å². The van der Waals surface area contributed by atoms with Crippen molar-refractivity contribution in [2.45, 2.75) is 45.0 Å². The summed E-state index contributed by atoms with van der Waals surface area (Å²) in [7, 11) is 1.79. The lowest BCUT2D eigenvalue weighted by atomic mass is 10.1. The molecule has 0 bridgehead atoms. The lowest BCUT2D eigenvalue weighted by Crippen LogP contribution is -2.50. The largest absolute Gasteiger partial charge is 0.373 e. The first-order chi connectivity index (χ1) is 13.6. The number of amides is 1. The summed E-state index contributed by atoms with van der Waals surface area (Å²) in [4.78, 5) is 21.0. The van der Waals surface area contributed by atoms with Crippen molar-refractivity contribution < 1.29 is 9.53 Å². The molecule has 0 aliphatic carbocycles. The number of carbonyl (C=O) groups is 1. The first-order valence-electron chi connectivity index (χ1n) is 10.2. The molecule has 2 heterocycles. The maximum absolute atomic E-state index is 11.8. The minimum absolute atomic E-state index is 0.0606. The fourth-order valence-corrected chi connectivity index (χ4v) is 3.96. The van der Waals surface area contributed by atoms with Crippen LogP contribution in [0.2, 0.25) is 0 Å². The van der Waals surface area contributed by atoms with Gasteiger partial charge in [0.2, 0.25) is 5.91 Å². The minimum Gasteiger partial charge on any atom is -0.373 e. The molecule has 1 aromatic rings. The lowest BCUT2D eigenvalue weighted by molar-refractivity contribution is -0.121. The molecule has 28 heavy (non-hydrogen) atoms. The Morgan fingerprint density at radius 3 is 2.79 bits per heavy atom. The van der Waals surface area contributed by atoms with E-state index in [-0.39, 0.29) is 18.1 Å². The van der Waals surface area contributed by atoms with Crippen molar-refractivity contribution in [2.75, 3.05) is 39.8 Å². The molecule has 7 nitrogen and oxygen atoms in total. The quantitative estimate of drug-likeness (QED) is 0.564. The van der Waals surface area contributed by atoms with Crippen molar-refractivity contribution in [3.63, 3.8) is 0 Å². The van der Waals surface area contributed by atoms with Crippen LogP contribution in [-0.2, 0) is 16.1 Å². The van der Waals surface area contributed by atoms with Crippen LogP contribution >= 0.6 is 0 Å². The van der Waals surface area contributed by atoms with Crippen molar-refractivity contribution in [2.24, 2.45) is 4.99 Å². The van der Waals surface area contributed by atoms with Gasteiger partial charge in [-0.25, -0.2) is 0 Å². The van der Waals surface area contributed by atoms with E-state index in [0.29, 0.717) is 19.0 Å². The molecule has 0 saturated carbocycles. The van der Waals surface area contributed by atoms with E-state index < -0.39 is 0 Å². The van der Waals surface area contributed by atoms with E-state index >= 15 is 0 Å². The zero-order valence-corrected chi connectivity index (χ0v) is 17.2. The zero-order chi connectivity index (χ0) is 19.9. The van der Waals surface area contributed by atoms with Gasteiger partial charge in [0.15, 0.2) is 5.96 Å². The predicted octanol–water partition coefficient (Wildman–Crippen LogP) is 1.06. The molecule has 2 atom stereocenters. The number of aliphatic imine (C=N–C) groups is 1. The Kier molecular flexibility index (Phi) is 7.28. The van der Waals surface area contributed by atoms with Crippen molar-refractivity contribution in [1.82, 2.24) is 20.4 Å². The normalized spacial score (nSPS) is 23.0. The smallest absolute Gasteiger partial charge is 0.221 e. The van der Waals surface area contributed by atoms with E-state index in [0.717, 1.165) is 38.7 Å². The van der Waals surface area contributed by atoms with Gasteiger partial charge < -0.3 is 20.3 Å². The number of benzene rings is 1. The van der Waals surface area contributed by atoms with Gasteiger partial charge in [-0.1, -0.05) is 30.3 Å². The van der Waals surface area contributed by atoms with E-state index in [4.69, 9.17) is 4.74 Å². The van der Waals surface area contributed by atoms with E-state index in [1.165, 1.54) is 5.56 Å². The number of guanidine groups is 1. The van der Waals surface area contributed by atoms with Gasteiger partial charge >= 0.3 is 0 Å². The SMILES string of the molecule is CN=C(NCCC(=O)NC(C)C)N1CC2OCCN(Cc3ccccc3)C2C1. The molecular weight excluding hydrogens is 354 g/mol. The Balaban J connectivity index is 1.53. The van der Waals surface area contributed by atoms with Gasteiger partial charge in [0, 0.05) is 52.2 Å². The number of likely N-dealkylation sites (tertiary alicyclic amines) is 1. The molecule has 2 fully saturated rings. The zero-order valence-electron chi connectivity index (χ0n) is 17.2. The highest BCUT2D eigenvalue weighted by atomic mass is 16.5. The fourth-order valence-electron chi connectivity index (χ4n) is 3.96. The van der Waals surface area contributed by atoms with E-state index in [1.54, 1.807) is 7.05 Å². The van der Waals surface area contributed by atoms with Gasteiger partial charge in [-0.3, -0.25) is 14.7 Å². The second-order valence-corrected chi connectivity index (χ2v) is 7.78. The number of ether oxygens (including phenoxy) is 1. The van der Waals surface area contributed by atoms with Crippen LogP contribution in [0.15, 0.2) is 35.3 Å². The van der Waals surface area contributed by atoms with Crippen molar-refractivity contribution in [3.8, 4) is 0 Å². The average molecular weight is 388 g/mol. The van der Waals surface area contributed by atoms with Gasteiger partial charge in [0.1, 0.15) is 0 Å². The van der Waals surface area contributed by atoms with Crippen LogP contribution in [0, 0.1) is 0 Å². The third kappa shape index (κ3) is 5.45. The Morgan fingerprint density at radius 1 is 1.29 bits per heavy atom. The number of carbonyl (C=O) groups excluding carboxylic acids is 1. The number of morpholine rings is 1. The molecule has 2 unspecified atom stereocenters. The number of fused-ring (bicyclic) bond motifs is 1. The molecule has 7 heteroatoms. The number of nitrogens with zero attached hydrogens (tertiary/aromatic N) is 3. The summed E-state index contributed by atoms with van der Waals surface area (Å²) in [6.45, 7) is 8.89. The molecule has 154 valence electrons. The Labute approximate surface area is 168 Å². The molecule has 3 rings (SSSR count). The Hall–Kier alpha value is -2.12. The standard InChI is InChI=1S/C21H33N5O2/c1-16(2)24-20(27)9-10-23-21(22-3)26-14-18-19(15-26)28-12-11-25(18)13-17-7-5-4-6-8-17/h4-8,16,18-19H,9-15H2,1-3H3,(H,22,23)(H,24,27). The van der Waals surface area contributed by atoms with E-state index in [2.05, 4.69) is 55.8 Å². The molecular formula is C21H33N5O2. The van der Waals surface area contributed by atoms with Gasteiger partial charge in [0.05, 0.1) is 18.8 Å². The number of nitrogens with one attached hydrogen (secondary N) is 2. The van der Waals surface area contributed by atoms with Crippen molar-refractivity contribution >= 4 is 11.9 Å². The lowest BCUT2D eigenvalue weighted by Gasteiger charge is -2.36. The predicted molar refractivity (Wildman–Crippen MR) is 111 cm³/mol. The first-order valence-corrected chi connectivity index (χ1v) is 10.2. The van der Waals surface area contributed by atoms with Crippen LogP contribution in [0.1, 0.15) is 25.8 Å². The van der Waals surface area contributed by atoms with Crippen LogP contribution < -0.4 is 10.6 Å². The van der Waals surface area contributed by atoms with Gasteiger partial charge in [0.25, 0.3) is 0 Å². The summed E-state index contributed by atoms with van der Waals surface area (Å²) in [5.74, 6) is 0.903. The van der Waals surface area contributed by atoms with Crippen LogP contribution in [0.4, 0.5) is 0 Å². The number of hydrogen-bond acceptors (Lipinski definition) is 4. The molecule has 2 aliphatic rings. The summed E-state index contributed by atoms with van der Waals surface area (Å²) < 4.78 is 6.05. The van der Waals surface area contributed by atoms with Gasteiger partial charge in [-0.2, -0.15) is 0 Å². The summed E-state index contributed by atoms with van der Waals surface area (Å²) in [5, 5.41) is 6.25. The maximum Gasteiger partial charge on any atom is 0.221 e. The molecule has 2 saturated heterocycles. The van der Waals surface area contributed by atoms with Gasteiger partial charge in [-0.05, 0) is 19.4 Å². The second kappa shape index (κ2) is 9.89. The first kappa shape index (κ1) is 20.6. The van der Waals surface area contributed by atoms with Crippen LogP contribution in [0.3, 0.4) is 0 Å². The average Bonchev–Trinajstić information content (AvgIpc) is 3.10. The second-order valence-electron chi connectivity index (χ2n) is 7.78. The summed E-state index contributed by atoms with van der Waals surface area (Å²) in [6, 6.07) is 11.1. The van der Waals surface area contributed by atoms with E-state index in [1.807, 2.05) is 13.8 Å². The topological polar surface area (TPSA) is 69.2 Å². The number of hydrogen-bond donors (Lipinski definition) is 2.